The molecule has 0 aromatic carbocycles. The second-order valence-electron chi connectivity index (χ2n) is 4.80. The van der Waals surface area contributed by atoms with Gasteiger partial charge in [-0.25, -0.2) is 14.5 Å². The first-order valence-corrected chi connectivity index (χ1v) is 6.32. The maximum absolute atomic E-state index is 11.3. The second kappa shape index (κ2) is 4.56. The fraction of sp³-hybridized carbons (Fsp3) is 0.286. The Morgan fingerprint density at radius 2 is 2.10 bits per heavy atom. The van der Waals surface area contributed by atoms with Gasteiger partial charge in [0.25, 0.3) is 0 Å². The van der Waals surface area contributed by atoms with Crippen LogP contribution in [0.2, 0.25) is 0 Å². The maximum Gasteiger partial charge on any atom is 0.185 e. The summed E-state index contributed by atoms with van der Waals surface area (Å²) in [7, 11) is 0. The van der Waals surface area contributed by atoms with E-state index in [1.54, 1.807) is 10.7 Å². The number of carbonyl (C=O) groups is 1. The van der Waals surface area contributed by atoms with Gasteiger partial charge in [-0.15, -0.1) is 0 Å². The molecule has 6 heteroatoms. The van der Waals surface area contributed by atoms with Crippen LogP contribution in [0.5, 0.6) is 0 Å². The Hall–Kier alpha value is -2.50. The van der Waals surface area contributed by atoms with Crippen LogP contribution in [0.4, 0.5) is 0 Å². The molecule has 0 saturated heterocycles. The van der Waals surface area contributed by atoms with Crippen molar-refractivity contribution in [1.82, 2.24) is 19.6 Å². The van der Waals surface area contributed by atoms with Crippen LogP contribution < -0.4 is 0 Å². The molecule has 0 N–H and O–H groups in total. The summed E-state index contributed by atoms with van der Waals surface area (Å²) in [5, 5.41) is 4.29. The quantitative estimate of drug-likeness (QED) is 0.729. The van der Waals surface area contributed by atoms with E-state index in [2.05, 4.69) is 15.1 Å². The number of rotatable bonds is 3. The number of hydrogen-bond donors (Lipinski definition) is 0. The summed E-state index contributed by atoms with van der Waals surface area (Å²) in [4.78, 5) is 20.2. The number of carbonyl (C=O) groups excluding carboxylic acids is 1. The van der Waals surface area contributed by atoms with Crippen molar-refractivity contribution in [3.63, 3.8) is 0 Å². The number of furan rings is 1. The normalized spacial score (nSPS) is 11.2. The third-order valence-electron chi connectivity index (χ3n) is 2.88. The molecule has 6 nitrogen and oxygen atoms in total. The molecule has 0 aliphatic rings. The molecule has 0 atom stereocenters. The number of ketones is 1. The van der Waals surface area contributed by atoms with E-state index < -0.39 is 0 Å². The predicted molar refractivity (Wildman–Crippen MR) is 72.3 cm³/mol. The summed E-state index contributed by atoms with van der Waals surface area (Å²) in [5.74, 6) is 2.13. The molecule has 3 heterocycles. The molecule has 3 rings (SSSR count). The van der Waals surface area contributed by atoms with E-state index >= 15 is 0 Å². The summed E-state index contributed by atoms with van der Waals surface area (Å²) in [6, 6.07) is 3.72. The van der Waals surface area contributed by atoms with E-state index in [0.717, 1.165) is 5.76 Å². The van der Waals surface area contributed by atoms with Gasteiger partial charge in [0, 0.05) is 6.42 Å². The molecule has 0 amide bonds. The fourth-order valence-electron chi connectivity index (χ4n) is 2.11. The second-order valence-corrected chi connectivity index (χ2v) is 4.80. The number of Topliss-reactive ketones (excluding diaryl/α,β-unsaturated/α-hetero) is 1. The summed E-state index contributed by atoms with van der Waals surface area (Å²) >= 11 is 0. The third-order valence-corrected chi connectivity index (χ3v) is 2.88. The van der Waals surface area contributed by atoms with E-state index in [0.29, 0.717) is 28.6 Å². The minimum atomic E-state index is 0.0512. The van der Waals surface area contributed by atoms with Gasteiger partial charge in [-0.1, -0.05) is 0 Å². The molecule has 0 aliphatic heterocycles. The predicted octanol–water partition coefficient (Wildman–Crippen LogP) is 2.13. The SMILES string of the molecule is CC(=O)Cc1cn2nc(C)nc2c(-c2ccc(C)o2)n1. The molecule has 0 spiro atoms. The number of aromatic nitrogens is 4. The van der Waals surface area contributed by atoms with E-state index in [1.165, 1.54) is 6.92 Å². The van der Waals surface area contributed by atoms with Gasteiger partial charge in [0.15, 0.2) is 17.1 Å². The Kier molecular flexibility index (Phi) is 2.85. The van der Waals surface area contributed by atoms with Gasteiger partial charge in [-0.3, -0.25) is 4.79 Å². The third kappa shape index (κ3) is 2.20. The largest absolute Gasteiger partial charge is 0.460 e. The molecule has 3 aromatic heterocycles. The number of fused-ring (bicyclic) bond motifs is 1. The lowest BCUT2D eigenvalue weighted by Gasteiger charge is -2.03. The average molecular weight is 270 g/mol. The van der Waals surface area contributed by atoms with Crippen molar-refractivity contribution < 1.29 is 9.21 Å². The fourth-order valence-corrected chi connectivity index (χ4v) is 2.11. The average Bonchev–Trinajstić information content (AvgIpc) is 2.92. The molecule has 0 unspecified atom stereocenters. The monoisotopic (exact) mass is 270 g/mol. The van der Waals surface area contributed by atoms with Gasteiger partial charge < -0.3 is 4.42 Å². The minimum absolute atomic E-state index is 0.0512. The van der Waals surface area contributed by atoms with E-state index in [9.17, 15) is 4.79 Å². The Bertz CT molecular complexity index is 801. The molecule has 3 aromatic rings. The highest BCUT2D eigenvalue weighted by atomic mass is 16.3. The first-order valence-electron chi connectivity index (χ1n) is 6.32. The molecule has 0 fully saturated rings. The van der Waals surface area contributed by atoms with Gasteiger partial charge in [-0.05, 0) is 32.9 Å². The van der Waals surface area contributed by atoms with Gasteiger partial charge in [-0.2, -0.15) is 5.10 Å². The Morgan fingerprint density at radius 1 is 1.30 bits per heavy atom. The zero-order chi connectivity index (χ0) is 14.3. The van der Waals surface area contributed by atoms with Crippen molar-refractivity contribution in [3.05, 3.63) is 35.6 Å². The van der Waals surface area contributed by atoms with Crippen molar-refractivity contribution in [1.29, 1.82) is 0 Å². The van der Waals surface area contributed by atoms with Crippen molar-refractivity contribution in [2.75, 3.05) is 0 Å². The maximum atomic E-state index is 11.3. The van der Waals surface area contributed by atoms with E-state index in [4.69, 9.17) is 4.42 Å². The number of hydrogen-bond acceptors (Lipinski definition) is 5. The Balaban J connectivity index is 2.24. The molecule has 0 saturated carbocycles. The van der Waals surface area contributed by atoms with Crippen LogP contribution in [-0.4, -0.2) is 25.4 Å². The first-order chi connectivity index (χ1) is 9.52. The van der Waals surface area contributed by atoms with Crippen LogP contribution in [0.1, 0.15) is 24.2 Å². The molecule has 0 radical (unpaired) electrons. The lowest BCUT2D eigenvalue weighted by Crippen LogP contribution is -2.04. The van der Waals surface area contributed by atoms with E-state index in [-0.39, 0.29) is 12.2 Å². The molecular formula is C14H14N4O2. The van der Waals surface area contributed by atoms with Gasteiger partial charge >= 0.3 is 0 Å². The van der Waals surface area contributed by atoms with Crippen LogP contribution in [-0.2, 0) is 11.2 Å². The highest BCUT2D eigenvalue weighted by Gasteiger charge is 2.15. The van der Waals surface area contributed by atoms with Crippen LogP contribution in [0.3, 0.4) is 0 Å². The zero-order valence-corrected chi connectivity index (χ0v) is 11.5. The van der Waals surface area contributed by atoms with Crippen molar-refractivity contribution in [2.24, 2.45) is 0 Å². The highest BCUT2D eigenvalue weighted by Crippen LogP contribution is 2.24. The first kappa shape index (κ1) is 12.5. The molecular weight excluding hydrogens is 256 g/mol. The summed E-state index contributed by atoms with van der Waals surface area (Å²) in [6.07, 6.45) is 2.00. The van der Waals surface area contributed by atoms with Crippen LogP contribution in [0, 0.1) is 13.8 Å². The summed E-state index contributed by atoms with van der Waals surface area (Å²) in [5.41, 5.74) is 1.89. The van der Waals surface area contributed by atoms with E-state index in [1.807, 2.05) is 26.0 Å². The van der Waals surface area contributed by atoms with Crippen molar-refractivity contribution in [3.8, 4) is 11.5 Å². The summed E-state index contributed by atoms with van der Waals surface area (Å²) < 4.78 is 7.26. The Labute approximate surface area is 115 Å². The van der Waals surface area contributed by atoms with Gasteiger partial charge in [0.05, 0.1) is 11.9 Å². The topological polar surface area (TPSA) is 73.3 Å². The van der Waals surface area contributed by atoms with Crippen LogP contribution >= 0.6 is 0 Å². The van der Waals surface area contributed by atoms with Crippen LogP contribution in [0.15, 0.2) is 22.7 Å². The number of nitrogens with zero attached hydrogens (tertiary/aromatic N) is 4. The molecule has 102 valence electrons. The van der Waals surface area contributed by atoms with Crippen LogP contribution in [0.25, 0.3) is 17.1 Å². The molecule has 20 heavy (non-hydrogen) atoms. The molecule has 0 aliphatic carbocycles. The van der Waals surface area contributed by atoms with Gasteiger partial charge in [0.2, 0.25) is 0 Å². The smallest absolute Gasteiger partial charge is 0.185 e. The highest BCUT2D eigenvalue weighted by molar-refractivity contribution is 5.78. The van der Waals surface area contributed by atoms with Crippen molar-refractivity contribution in [2.45, 2.75) is 27.2 Å². The number of aryl methyl sites for hydroxylation is 2. The standard InChI is InChI=1S/C14H14N4O2/c1-8(19)6-11-7-18-14(15-10(3)17-18)13(16-11)12-5-4-9(2)20-12/h4-5,7H,6H2,1-3H3. The zero-order valence-electron chi connectivity index (χ0n) is 11.5. The lowest BCUT2D eigenvalue weighted by molar-refractivity contribution is -0.116. The van der Waals surface area contributed by atoms with Gasteiger partial charge in [0.1, 0.15) is 17.4 Å². The van der Waals surface area contributed by atoms with Crippen molar-refractivity contribution >= 4 is 11.4 Å². The Morgan fingerprint density at radius 3 is 2.75 bits per heavy atom. The molecule has 0 bridgehead atoms. The lowest BCUT2D eigenvalue weighted by atomic mass is 10.2. The summed E-state index contributed by atoms with van der Waals surface area (Å²) in [6.45, 7) is 5.22. The minimum Gasteiger partial charge on any atom is -0.460 e.